The Labute approximate surface area is 118 Å². The Kier molecular flexibility index (Phi) is 4.45. The maximum Gasteiger partial charge on any atom is 0.0263 e. The Morgan fingerprint density at radius 3 is 2.58 bits per heavy atom. The molecule has 3 heteroatoms. The zero-order valence-electron chi connectivity index (χ0n) is 12.8. The van der Waals surface area contributed by atoms with Gasteiger partial charge in [-0.05, 0) is 51.2 Å². The van der Waals surface area contributed by atoms with E-state index in [4.69, 9.17) is 0 Å². The molecular formula is C16H31N3. The largest absolute Gasteiger partial charge is 0.314 e. The number of hydrogen-bond acceptors (Lipinski definition) is 3. The van der Waals surface area contributed by atoms with E-state index >= 15 is 0 Å². The van der Waals surface area contributed by atoms with Crippen LogP contribution in [-0.4, -0.2) is 60.6 Å². The van der Waals surface area contributed by atoms with Crippen LogP contribution in [0.4, 0.5) is 0 Å². The van der Waals surface area contributed by atoms with Crippen molar-refractivity contribution in [3.8, 4) is 0 Å². The Morgan fingerprint density at radius 1 is 0.947 bits per heavy atom. The van der Waals surface area contributed by atoms with Crippen molar-refractivity contribution in [3.05, 3.63) is 0 Å². The van der Waals surface area contributed by atoms with Gasteiger partial charge in [0.2, 0.25) is 0 Å². The molecule has 0 aromatic rings. The fourth-order valence-corrected chi connectivity index (χ4v) is 4.38. The first-order valence-electron chi connectivity index (χ1n) is 8.45. The van der Waals surface area contributed by atoms with Crippen LogP contribution in [0.1, 0.15) is 46.0 Å². The van der Waals surface area contributed by atoms with Gasteiger partial charge in [0.05, 0.1) is 0 Å². The molecule has 3 rings (SSSR count). The van der Waals surface area contributed by atoms with Gasteiger partial charge >= 0.3 is 0 Å². The molecule has 0 amide bonds. The summed E-state index contributed by atoms with van der Waals surface area (Å²) in [5.41, 5.74) is 0. The fraction of sp³-hybridized carbons (Fsp3) is 1.00. The third-order valence-corrected chi connectivity index (χ3v) is 5.42. The van der Waals surface area contributed by atoms with Crippen molar-refractivity contribution in [3.63, 3.8) is 0 Å². The lowest BCUT2D eigenvalue weighted by atomic mass is 9.98. The van der Waals surface area contributed by atoms with Gasteiger partial charge in [-0.25, -0.2) is 0 Å². The predicted molar refractivity (Wildman–Crippen MR) is 80.4 cm³/mol. The molecule has 3 nitrogen and oxygen atoms in total. The predicted octanol–water partition coefficient (Wildman–Crippen LogP) is 1.93. The number of likely N-dealkylation sites (tertiary alicyclic amines) is 1. The molecule has 0 radical (unpaired) electrons. The van der Waals surface area contributed by atoms with Crippen LogP contribution >= 0.6 is 0 Å². The Balaban J connectivity index is 1.50. The van der Waals surface area contributed by atoms with Crippen LogP contribution in [-0.2, 0) is 0 Å². The maximum atomic E-state index is 3.62. The molecule has 0 aromatic heterocycles. The van der Waals surface area contributed by atoms with E-state index < -0.39 is 0 Å². The zero-order valence-corrected chi connectivity index (χ0v) is 12.8. The highest BCUT2D eigenvalue weighted by atomic mass is 15.3. The molecule has 3 atom stereocenters. The van der Waals surface area contributed by atoms with Crippen molar-refractivity contribution in [2.45, 2.75) is 64.1 Å². The van der Waals surface area contributed by atoms with Gasteiger partial charge in [-0.15, -0.1) is 0 Å². The molecule has 0 bridgehead atoms. The molecule has 0 aromatic carbocycles. The molecule has 1 N–H and O–H groups in total. The highest BCUT2D eigenvalue weighted by Crippen LogP contribution is 2.33. The van der Waals surface area contributed by atoms with Crippen molar-refractivity contribution < 1.29 is 0 Å². The zero-order chi connectivity index (χ0) is 13.2. The van der Waals surface area contributed by atoms with Gasteiger partial charge in [-0.2, -0.15) is 0 Å². The molecule has 3 aliphatic rings. The van der Waals surface area contributed by atoms with Crippen molar-refractivity contribution in [1.82, 2.24) is 15.1 Å². The third-order valence-electron chi connectivity index (χ3n) is 5.42. The second-order valence-electron chi connectivity index (χ2n) is 7.17. The molecule has 0 spiro atoms. The van der Waals surface area contributed by atoms with E-state index in [-0.39, 0.29) is 0 Å². The van der Waals surface area contributed by atoms with Crippen LogP contribution in [0, 0.1) is 5.92 Å². The quantitative estimate of drug-likeness (QED) is 0.838. The first-order chi connectivity index (χ1) is 9.24. The molecule has 110 valence electrons. The number of rotatable bonds is 4. The van der Waals surface area contributed by atoms with E-state index in [0.717, 1.165) is 18.0 Å². The van der Waals surface area contributed by atoms with Crippen LogP contribution in [0.25, 0.3) is 0 Å². The summed E-state index contributed by atoms with van der Waals surface area (Å²) in [4.78, 5) is 5.59. The first-order valence-corrected chi connectivity index (χ1v) is 8.45. The molecule has 3 fully saturated rings. The minimum absolute atomic E-state index is 0.634. The fourth-order valence-electron chi connectivity index (χ4n) is 4.38. The monoisotopic (exact) mass is 265 g/mol. The maximum absolute atomic E-state index is 3.62. The van der Waals surface area contributed by atoms with Crippen molar-refractivity contribution in [2.24, 2.45) is 5.92 Å². The Hall–Kier alpha value is -0.120. The number of hydrogen-bond donors (Lipinski definition) is 1. The highest BCUT2D eigenvalue weighted by Gasteiger charge is 2.40. The lowest BCUT2D eigenvalue weighted by Gasteiger charge is -2.36. The molecule has 3 heterocycles. The second kappa shape index (κ2) is 6.11. The topological polar surface area (TPSA) is 18.5 Å². The molecule has 3 unspecified atom stereocenters. The van der Waals surface area contributed by atoms with Gasteiger partial charge in [-0.3, -0.25) is 9.80 Å². The molecule has 0 aliphatic carbocycles. The smallest absolute Gasteiger partial charge is 0.0263 e. The van der Waals surface area contributed by atoms with Crippen LogP contribution in [0.5, 0.6) is 0 Å². The number of piperidine rings is 1. The summed E-state index contributed by atoms with van der Waals surface area (Å²) in [5, 5.41) is 3.62. The van der Waals surface area contributed by atoms with Gasteiger partial charge in [0, 0.05) is 31.2 Å². The molecule has 3 aliphatic heterocycles. The number of nitrogens with zero attached hydrogens (tertiary/aromatic N) is 2. The van der Waals surface area contributed by atoms with Crippen LogP contribution in [0.3, 0.4) is 0 Å². The van der Waals surface area contributed by atoms with Crippen LogP contribution in [0.2, 0.25) is 0 Å². The Morgan fingerprint density at radius 2 is 1.74 bits per heavy atom. The SMILES string of the molecule is CC(C)NCC1CCN(C2CCN3CCCCC23)C1. The van der Waals surface area contributed by atoms with Crippen molar-refractivity contribution in [1.29, 1.82) is 0 Å². The first kappa shape index (κ1) is 13.8. The summed E-state index contributed by atoms with van der Waals surface area (Å²) < 4.78 is 0. The van der Waals surface area contributed by atoms with Gasteiger partial charge in [0.15, 0.2) is 0 Å². The minimum Gasteiger partial charge on any atom is -0.314 e. The highest BCUT2D eigenvalue weighted by molar-refractivity contribution is 4.97. The van der Waals surface area contributed by atoms with Gasteiger partial charge in [0.1, 0.15) is 0 Å². The van der Waals surface area contributed by atoms with Crippen LogP contribution < -0.4 is 5.32 Å². The summed E-state index contributed by atoms with van der Waals surface area (Å²) in [5.74, 6) is 0.889. The van der Waals surface area contributed by atoms with E-state index in [9.17, 15) is 0 Å². The summed E-state index contributed by atoms with van der Waals surface area (Å²) in [6.07, 6.45) is 7.18. The minimum atomic E-state index is 0.634. The average molecular weight is 265 g/mol. The van der Waals surface area contributed by atoms with Gasteiger partial charge in [0.25, 0.3) is 0 Å². The Bertz CT molecular complexity index is 292. The van der Waals surface area contributed by atoms with E-state index in [0.29, 0.717) is 6.04 Å². The number of fused-ring (bicyclic) bond motifs is 1. The normalized spacial score (nSPS) is 37.1. The standard InChI is InChI=1S/C16H31N3/c1-13(2)17-11-14-6-9-19(12-14)16-7-10-18-8-4-3-5-15(16)18/h13-17H,3-12H2,1-2H3. The van der Waals surface area contributed by atoms with E-state index in [2.05, 4.69) is 29.0 Å². The van der Waals surface area contributed by atoms with E-state index in [1.165, 1.54) is 64.8 Å². The third kappa shape index (κ3) is 3.14. The lowest BCUT2D eigenvalue weighted by Crippen LogP contribution is -2.46. The van der Waals surface area contributed by atoms with E-state index in [1.54, 1.807) is 0 Å². The molecule has 3 saturated heterocycles. The number of nitrogens with one attached hydrogen (secondary N) is 1. The van der Waals surface area contributed by atoms with E-state index in [1.807, 2.05) is 0 Å². The summed E-state index contributed by atoms with van der Waals surface area (Å²) in [6.45, 7) is 11.1. The molecule has 19 heavy (non-hydrogen) atoms. The second-order valence-corrected chi connectivity index (χ2v) is 7.17. The average Bonchev–Trinajstić information content (AvgIpc) is 3.02. The molecular weight excluding hydrogens is 234 g/mol. The van der Waals surface area contributed by atoms with Gasteiger partial charge in [-0.1, -0.05) is 20.3 Å². The van der Waals surface area contributed by atoms with Crippen LogP contribution in [0.15, 0.2) is 0 Å². The summed E-state index contributed by atoms with van der Waals surface area (Å²) >= 11 is 0. The summed E-state index contributed by atoms with van der Waals surface area (Å²) in [6, 6.07) is 2.41. The van der Waals surface area contributed by atoms with Crippen molar-refractivity contribution in [2.75, 3.05) is 32.7 Å². The van der Waals surface area contributed by atoms with Crippen molar-refractivity contribution >= 4 is 0 Å². The molecule has 0 saturated carbocycles. The van der Waals surface area contributed by atoms with Gasteiger partial charge < -0.3 is 5.32 Å². The summed E-state index contributed by atoms with van der Waals surface area (Å²) in [7, 11) is 0. The lowest BCUT2D eigenvalue weighted by molar-refractivity contribution is 0.128.